The number of halogens is 2. The molecule has 2 heterocycles. The SMILES string of the molecule is Cc1ccc(C)n1NC(=O)/C(C#N)=C\c1cc(C)n(-c2cccc(Cl)c2Cl)c1C. The van der Waals surface area contributed by atoms with E-state index in [9.17, 15) is 10.1 Å². The van der Waals surface area contributed by atoms with Gasteiger partial charge in [0.1, 0.15) is 11.6 Å². The molecule has 0 bridgehead atoms. The summed E-state index contributed by atoms with van der Waals surface area (Å²) in [7, 11) is 0. The van der Waals surface area contributed by atoms with Crippen LogP contribution in [-0.4, -0.2) is 15.2 Å². The Bertz CT molecular complexity index is 1160. The second-order valence-corrected chi connectivity index (χ2v) is 7.58. The Balaban J connectivity index is 2.00. The molecule has 0 fully saturated rings. The standard InChI is InChI=1S/C22H20Cl2N4O/c1-13-8-9-14(2)28(13)26-22(29)18(12-25)11-17-10-15(3)27(16(17)4)20-7-5-6-19(23)21(20)24/h5-11H,1-4H3,(H,26,29)/b18-11-. The Hall–Kier alpha value is -2.94. The molecular weight excluding hydrogens is 407 g/mol. The molecule has 1 aromatic carbocycles. The Morgan fingerprint density at radius 3 is 2.34 bits per heavy atom. The lowest BCUT2D eigenvalue weighted by atomic mass is 10.1. The number of aryl methyl sites for hydroxylation is 3. The van der Waals surface area contributed by atoms with Gasteiger partial charge in [-0.05, 0) is 69.7 Å². The highest BCUT2D eigenvalue weighted by Gasteiger charge is 2.16. The summed E-state index contributed by atoms with van der Waals surface area (Å²) >= 11 is 12.5. The van der Waals surface area contributed by atoms with Gasteiger partial charge in [0.15, 0.2) is 0 Å². The smallest absolute Gasteiger partial charge is 0.280 e. The van der Waals surface area contributed by atoms with Crippen molar-refractivity contribution < 1.29 is 4.79 Å². The summed E-state index contributed by atoms with van der Waals surface area (Å²) in [6.45, 7) is 7.60. The highest BCUT2D eigenvalue weighted by atomic mass is 35.5. The highest BCUT2D eigenvalue weighted by Crippen LogP contribution is 2.32. The average Bonchev–Trinajstić information content (AvgIpc) is 3.14. The van der Waals surface area contributed by atoms with Crippen molar-refractivity contribution in [3.63, 3.8) is 0 Å². The third kappa shape index (κ3) is 3.95. The summed E-state index contributed by atoms with van der Waals surface area (Å²) in [5, 5.41) is 10.5. The van der Waals surface area contributed by atoms with Gasteiger partial charge in [-0.15, -0.1) is 0 Å². The van der Waals surface area contributed by atoms with Crippen molar-refractivity contribution in [1.29, 1.82) is 5.26 Å². The zero-order chi connectivity index (χ0) is 21.3. The minimum absolute atomic E-state index is 0.00920. The monoisotopic (exact) mass is 426 g/mol. The van der Waals surface area contributed by atoms with E-state index < -0.39 is 5.91 Å². The van der Waals surface area contributed by atoms with E-state index in [1.165, 1.54) is 0 Å². The number of hydrogen-bond acceptors (Lipinski definition) is 2. The zero-order valence-electron chi connectivity index (χ0n) is 16.5. The zero-order valence-corrected chi connectivity index (χ0v) is 18.1. The first-order valence-electron chi connectivity index (χ1n) is 8.96. The molecule has 0 saturated carbocycles. The van der Waals surface area contributed by atoms with Gasteiger partial charge >= 0.3 is 0 Å². The summed E-state index contributed by atoms with van der Waals surface area (Å²) in [6.07, 6.45) is 1.58. The van der Waals surface area contributed by atoms with Gasteiger partial charge < -0.3 is 4.57 Å². The van der Waals surface area contributed by atoms with Crippen molar-refractivity contribution in [3.05, 3.63) is 80.4 Å². The van der Waals surface area contributed by atoms with E-state index >= 15 is 0 Å². The molecular formula is C22H20Cl2N4O. The van der Waals surface area contributed by atoms with Crippen LogP contribution in [0.5, 0.6) is 0 Å². The fourth-order valence-electron chi connectivity index (χ4n) is 3.28. The molecule has 29 heavy (non-hydrogen) atoms. The molecule has 1 N–H and O–H groups in total. The Labute approximate surface area is 179 Å². The van der Waals surface area contributed by atoms with Crippen molar-refractivity contribution in [2.45, 2.75) is 27.7 Å². The Kier molecular flexibility index (Phi) is 5.88. The summed E-state index contributed by atoms with van der Waals surface area (Å²) in [6, 6.07) is 13.1. The normalized spacial score (nSPS) is 11.4. The van der Waals surface area contributed by atoms with Crippen LogP contribution in [0.2, 0.25) is 10.0 Å². The number of aromatic nitrogens is 2. The summed E-state index contributed by atoms with van der Waals surface area (Å²) in [4.78, 5) is 12.7. The first-order valence-corrected chi connectivity index (χ1v) is 9.71. The second kappa shape index (κ2) is 8.20. The van der Waals surface area contributed by atoms with Crippen molar-refractivity contribution in [2.24, 2.45) is 0 Å². The first-order chi connectivity index (χ1) is 13.7. The number of amides is 1. The topological polar surface area (TPSA) is 62.8 Å². The maximum Gasteiger partial charge on any atom is 0.280 e. The lowest BCUT2D eigenvalue weighted by Gasteiger charge is -2.12. The molecule has 0 radical (unpaired) electrons. The highest BCUT2D eigenvalue weighted by molar-refractivity contribution is 6.43. The van der Waals surface area contributed by atoms with Crippen LogP contribution in [0.15, 0.2) is 42.0 Å². The van der Waals surface area contributed by atoms with Crippen LogP contribution < -0.4 is 5.43 Å². The Morgan fingerprint density at radius 1 is 1.07 bits per heavy atom. The number of carbonyl (C=O) groups excluding carboxylic acids is 1. The van der Waals surface area contributed by atoms with E-state index in [0.29, 0.717) is 10.0 Å². The van der Waals surface area contributed by atoms with Gasteiger partial charge in [-0.25, -0.2) is 0 Å². The number of benzene rings is 1. The first kappa shape index (κ1) is 20.8. The molecule has 7 heteroatoms. The molecule has 0 aliphatic rings. The number of nitrogens with one attached hydrogen (secondary N) is 1. The van der Waals surface area contributed by atoms with E-state index in [2.05, 4.69) is 5.43 Å². The van der Waals surface area contributed by atoms with E-state index in [4.69, 9.17) is 23.2 Å². The maximum atomic E-state index is 12.7. The van der Waals surface area contributed by atoms with E-state index in [1.54, 1.807) is 16.8 Å². The lowest BCUT2D eigenvalue weighted by molar-refractivity contribution is -0.113. The fourth-order valence-corrected chi connectivity index (χ4v) is 3.66. The number of rotatable bonds is 4. The van der Waals surface area contributed by atoms with E-state index in [-0.39, 0.29) is 5.57 Å². The van der Waals surface area contributed by atoms with Crippen molar-refractivity contribution >= 4 is 35.2 Å². The Morgan fingerprint density at radius 2 is 1.72 bits per heavy atom. The maximum absolute atomic E-state index is 12.7. The second-order valence-electron chi connectivity index (χ2n) is 6.80. The minimum Gasteiger partial charge on any atom is -0.316 e. The van der Waals surface area contributed by atoms with E-state index in [0.717, 1.165) is 34.0 Å². The quantitative estimate of drug-likeness (QED) is 0.442. The number of carbonyl (C=O) groups is 1. The number of nitriles is 1. The van der Waals surface area contributed by atoms with Crippen molar-refractivity contribution in [2.75, 3.05) is 5.43 Å². The molecule has 0 atom stereocenters. The lowest BCUT2D eigenvalue weighted by Crippen LogP contribution is -2.25. The van der Waals surface area contributed by atoms with Crippen molar-refractivity contribution in [3.8, 4) is 11.8 Å². The van der Waals surface area contributed by atoms with Gasteiger partial charge in [-0.2, -0.15) is 5.26 Å². The molecule has 0 spiro atoms. The van der Waals surface area contributed by atoms with Crippen LogP contribution >= 0.6 is 23.2 Å². The molecule has 5 nitrogen and oxygen atoms in total. The largest absolute Gasteiger partial charge is 0.316 e. The number of nitrogens with zero attached hydrogens (tertiary/aromatic N) is 3. The van der Waals surface area contributed by atoms with Gasteiger partial charge in [-0.3, -0.25) is 14.9 Å². The summed E-state index contributed by atoms with van der Waals surface area (Å²) in [5.74, 6) is -0.472. The van der Waals surface area contributed by atoms with Gasteiger partial charge in [0.25, 0.3) is 5.91 Å². The van der Waals surface area contributed by atoms with Gasteiger partial charge in [0, 0.05) is 22.8 Å². The van der Waals surface area contributed by atoms with Crippen molar-refractivity contribution in [1.82, 2.24) is 9.24 Å². The minimum atomic E-state index is -0.472. The van der Waals surface area contributed by atoms with Crippen LogP contribution in [0.1, 0.15) is 28.3 Å². The van der Waals surface area contributed by atoms with Crippen LogP contribution in [0.3, 0.4) is 0 Å². The van der Waals surface area contributed by atoms with Crippen LogP contribution in [0.25, 0.3) is 11.8 Å². The molecule has 148 valence electrons. The average molecular weight is 427 g/mol. The predicted molar refractivity (Wildman–Crippen MR) is 117 cm³/mol. The van der Waals surface area contributed by atoms with Gasteiger partial charge in [0.2, 0.25) is 0 Å². The van der Waals surface area contributed by atoms with Crippen LogP contribution in [0.4, 0.5) is 0 Å². The molecule has 0 aliphatic carbocycles. The summed E-state index contributed by atoms with van der Waals surface area (Å²) in [5.41, 5.74) is 7.78. The third-order valence-corrected chi connectivity index (χ3v) is 5.60. The predicted octanol–water partition coefficient (Wildman–Crippen LogP) is 5.50. The van der Waals surface area contributed by atoms with Gasteiger partial charge in [0.05, 0.1) is 15.7 Å². The molecule has 0 saturated heterocycles. The van der Waals surface area contributed by atoms with Gasteiger partial charge in [-0.1, -0.05) is 29.3 Å². The van der Waals surface area contributed by atoms with Crippen LogP contribution in [0, 0.1) is 39.0 Å². The molecule has 3 aromatic rings. The molecule has 0 unspecified atom stereocenters. The molecule has 1 amide bonds. The van der Waals surface area contributed by atoms with Crippen LogP contribution in [-0.2, 0) is 4.79 Å². The third-order valence-electron chi connectivity index (χ3n) is 4.79. The molecule has 0 aliphatic heterocycles. The fraction of sp³-hybridized carbons (Fsp3) is 0.182. The van der Waals surface area contributed by atoms with E-state index in [1.807, 2.05) is 68.7 Å². The molecule has 3 rings (SSSR count). The number of hydrogen-bond donors (Lipinski definition) is 1. The molecule has 2 aromatic heterocycles. The summed E-state index contributed by atoms with van der Waals surface area (Å²) < 4.78 is 3.61.